The van der Waals surface area contributed by atoms with Crippen molar-refractivity contribution < 1.29 is 18.3 Å². The number of halogens is 4. The van der Waals surface area contributed by atoms with Crippen LogP contribution in [-0.4, -0.2) is 11.0 Å². The average Bonchev–Trinajstić information content (AvgIpc) is 2.15. The molecule has 0 saturated heterocycles. The van der Waals surface area contributed by atoms with Crippen LogP contribution < -0.4 is 0 Å². The third-order valence-corrected chi connectivity index (χ3v) is 1.75. The minimum absolute atomic E-state index is 0.00428. The van der Waals surface area contributed by atoms with Gasteiger partial charge in [-0.15, -0.1) is 11.6 Å². The Morgan fingerprint density at radius 3 is 2.53 bits per heavy atom. The van der Waals surface area contributed by atoms with Gasteiger partial charge < -0.3 is 5.11 Å². The third-order valence-electron chi connectivity index (χ3n) is 1.61. The molecule has 1 N–H and O–H groups in total. The van der Waals surface area contributed by atoms with Gasteiger partial charge in [-0.2, -0.15) is 13.2 Å². The number of rotatable bonds is 0. The molecule has 0 aliphatic heterocycles. The van der Waals surface area contributed by atoms with Crippen LogP contribution in [0.3, 0.4) is 0 Å². The molecule has 0 fully saturated rings. The highest BCUT2D eigenvalue weighted by Gasteiger charge is 2.30. The molecule has 0 radical (unpaired) electrons. The molecule has 0 unspecified atom stereocenters. The Labute approximate surface area is 89.5 Å². The zero-order valence-electron chi connectivity index (χ0n) is 7.40. The van der Waals surface area contributed by atoms with E-state index in [-0.39, 0.29) is 17.2 Å². The van der Waals surface area contributed by atoms with Crippen LogP contribution in [0.15, 0.2) is 18.2 Å². The summed E-state index contributed by atoms with van der Waals surface area (Å²) in [6.07, 6.45) is -4.44. The molecule has 0 aliphatic rings. The van der Waals surface area contributed by atoms with E-state index in [0.29, 0.717) is 0 Å². The molecule has 0 bridgehead atoms. The van der Waals surface area contributed by atoms with Gasteiger partial charge in [-0.1, -0.05) is 11.8 Å². The van der Waals surface area contributed by atoms with Gasteiger partial charge in [0.05, 0.1) is 17.0 Å². The Morgan fingerprint density at radius 1 is 1.33 bits per heavy atom. The van der Waals surface area contributed by atoms with E-state index < -0.39 is 11.7 Å². The lowest BCUT2D eigenvalue weighted by Crippen LogP contribution is -2.04. The van der Waals surface area contributed by atoms with Crippen molar-refractivity contribution in [2.75, 3.05) is 5.88 Å². The zero-order chi connectivity index (χ0) is 11.5. The molecular formula is C10H6ClF3O. The highest BCUT2D eigenvalue weighted by atomic mass is 35.5. The minimum atomic E-state index is -4.44. The largest absolute Gasteiger partial charge is 0.507 e. The molecule has 80 valence electrons. The topological polar surface area (TPSA) is 20.2 Å². The summed E-state index contributed by atoms with van der Waals surface area (Å²) in [6.45, 7) is 0. The summed E-state index contributed by atoms with van der Waals surface area (Å²) in [7, 11) is 0. The molecular weight excluding hydrogens is 229 g/mol. The molecule has 15 heavy (non-hydrogen) atoms. The normalized spacial score (nSPS) is 10.7. The first kappa shape index (κ1) is 11.7. The van der Waals surface area contributed by atoms with Crippen molar-refractivity contribution in [1.29, 1.82) is 0 Å². The fraction of sp³-hybridized carbons (Fsp3) is 0.200. The van der Waals surface area contributed by atoms with E-state index in [2.05, 4.69) is 11.8 Å². The fourth-order valence-corrected chi connectivity index (χ4v) is 1.01. The van der Waals surface area contributed by atoms with Crippen LogP contribution >= 0.6 is 11.6 Å². The first-order valence-corrected chi connectivity index (χ1v) is 4.43. The molecule has 0 aromatic heterocycles. The molecule has 1 nitrogen and oxygen atoms in total. The summed E-state index contributed by atoms with van der Waals surface area (Å²) in [5.74, 6) is 4.42. The summed E-state index contributed by atoms with van der Waals surface area (Å²) >= 11 is 5.26. The van der Waals surface area contributed by atoms with E-state index in [1.807, 2.05) is 0 Å². The van der Waals surface area contributed by atoms with Crippen LogP contribution in [0.1, 0.15) is 11.1 Å². The maximum Gasteiger partial charge on any atom is 0.416 e. The van der Waals surface area contributed by atoms with Gasteiger partial charge in [0.15, 0.2) is 0 Å². The number of phenolic OH excluding ortho intramolecular Hbond substituents is 1. The van der Waals surface area contributed by atoms with Gasteiger partial charge in [0.2, 0.25) is 0 Å². The van der Waals surface area contributed by atoms with Crippen molar-refractivity contribution in [3.63, 3.8) is 0 Å². The maximum atomic E-state index is 12.3. The highest BCUT2D eigenvalue weighted by molar-refractivity contribution is 6.19. The van der Waals surface area contributed by atoms with Crippen molar-refractivity contribution in [3.8, 4) is 17.6 Å². The summed E-state index contributed by atoms with van der Waals surface area (Å²) in [4.78, 5) is 0. The molecule has 0 saturated carbocycles. The van der Waals surface area contributed by atoms with E-state index in [4.69, 9.17) is 11.6 Å². The molecule has 5 heteroatoms. The third kappa shape index (κ3) is 3.07. The van der Waals surface area contributed by atoms with Crippen molar-refractivity contribution >= 4 is 11.6 Å². The summed E-state index contributed by atoms with van der Waals surface area (Å²) < 4.78 is 36.8. The molecule has 1 aromatic rings. The van der Waals surface area contributed by atoms with Gasteiger partial charge in [0.1, 0.15) is 5.75 Å². The summed E-state index contributed by atoms with van der Waals surface area (Å²) in [5.41, 5.74) is -0.926. The zero-order valence-corrected chi connectivity index (χ0v) is 8.15. The average molecular weight is 235 g/mol. The van der Waals surface area contributed by atoms with E-state index in [0.717, 1.165) is 18.2 Å². The van der Waals surface area contributed by atoms with E-state index in [1.165, 1.54) is 0 Å². The molecule has 0 atom stereocenters. The number of aromatic hydroxyl groups is 1. The Balaban J connectivity index is 3.17. The maximum absolute atomic E-state index is 12.3. The van der Waals surface area contributed by atoms with Gasteiger partial charge in [0.25, 0.3) is 0 Å². The van der Waals surface area contributed by atoms with E-state index in [1.54, 1.807) is 0 Å². The van der Waals surface area contributed by atoms with Gasteiger partial charge in [-0.3, -0.25) is 0 Å². The van der Waals surface area contributed by atoms with Gasteiger partial charge in [-0.25, -0.2) is 0 Å². The quantitative estimate of drug-likeness (QED) is 0.540. The molecule has 1 aromatic carbocycles. The van der Waals surface area contributed by atoms with Gasteiger partial charge >= 0.3 is 6.18 Å². The summed E-state index contributed by atoms with van der Waals surface area (Å²) in [6, 6.07) is 2.54. The van der Waals surface area contributed by atoms with Crippen molar-refractivity contribution in [2.45, 2.75) is 6.18 Å². The molecule has 0 heterocycles. The second-order valence-corrected chi connectivity index (χ2v) is 2.93. The molecule has 0 amide bonds. The summed E-state index contributed by atoms with van der Waals surface area (Å²) in [5, 5.41) is 9.21. The van der Waals surface area contributed by atoms with Crippen LogP contribution in [0.2, 0.25) is 0 Å². The predicted octanol–water partition coefficient (Wildman–Crippen LogP) is 3.00. The van der Waals surface area contributed by atoms with Crippen LogP contribution in [0.25, 0.3) is 0 Å². The van der Waals surface area contributed by atoms with E-state index in [9.17, 15) is 18.3 Å². The molecule has 0 spiro atoms. The second-order valence-electron chi connectivity index (χ2n) is 2.67. The first-order chi connectivity index (χ1) is 6.95. The standard InChI is InChI=1S/C10H6ClF3O/c11-5-1-2-7-6-8(10(12,13)14)3-4-9(7)15/h3-4,6,15H,5H2. The monoisotopic (exact) mass is 234 g/mol. The number of alkyl halides is 4. The van der Waals surface area contributed by atoms with Crippen molar-refractivity contribution in [3.05, 3.63) is 29.3 Å². The smallest absolute Gasteiger partial charge is 0.416 e. The first-order valence-electron chi connectivity index (χ1n) is 3.90. The van der Waals surface area contributed by atoms with Crippen LogP contribution in [-0.2, 0) is 6.18 Å². The lowest BCUT2D eigenvalue weighted by Gasteiger charge is -2.07. The van der Waals surface area contributed by atoms with Crippen molar-refractivity contribution in [2.24, 2.45) is 0 Å². The fourth-order valence-electron chi connectivity index (χ4n) is 0.941. The Morgan fingerprint density at radius 2 is 2.00 bits per heavy atom. The van der Waals surface area contributed by atoms with Crippen LogP contribution in [0.4, 0.5) is 13.2 Å². The number of benzene rings is 1. The Kier molecular flexibility index (Phi) is 3.48. The number of phenols is 1. The van der Waals surface area contributed by atoms with Crippen LogP contribution in [0, 0.1) is 11.8 Å². The Hall–Kier alpha value is -1.34. The van der Waals surface area contributed by atoms with E-state index >= 15 is 0 Å². The molecule has 0 aliphatic carbocycles. The molecule has 1 rings (SSSR count). The lowest BCUT2D eigenvalue weighted by atomic mass is 10.1. The SMILES string of the molecule is Oc1ccc(C(F)(F)F)cc1C#CCCl. The Bertz CT molecular complexity index is 415. The van der Waals surface area contributed by atoms with Gasteiger partial charge in [0, 0.05) is 0 Å². The van der Waals surface area contributed by atoms with Crippen LogP contribution in [0.5, 0.6) is 5.75 Å². The number of hydrogen-bond acceptors (Lipinski definition) is 1. The predicted molar refractivity (Wildman–Crippen MR) is 50.7 cm³/mol. The number of hydrogen-bond donors (Lipinski definition) is 1. The highest BCUT2D eigenvalue weighted by Crippen LogP contribution is 2.31. The second kappa shape index (κ2) is 4.45. The van der Waals surface area contributed by atoms with Gasteiger partial charge in [-0.05, 0) is 18.2 Å². The lowest BCUT2D eigenvalue weighted by molar-refractivity contribution is -0.137. The minimum Gasteiger partial charge on any atom is -0.507 e. The van der Waals surface area contributed by atoms with Crippen molar-refractivity contribution in [1.82, 2.24) is 0 Å².